The maximum Gasteiger partial charge on any atom is 0.246 e. The summed E-state index contributed by atoms with van der Waals surface area (Å²) in [7, 11) is 0. The Kier molecular flexibility index (Phi) is 5.19. The molecule has 3 aromatic rings. The van der Waals surface area contributed by atoms with Crippen LogP contribution in [0.15, 0.2) is 48.5 Å². The number of H-pyrrole nitrogens is 1. The molecule has 1 N–H and O–H groups in total. The van der Waals surface area contributed by atoms with Crippen molar-refractivity contribution in [2.24, 2.45) is 0 Å². The Labute approximate surface area is 167 Å². The fraction of sp³-hybridized carbons (Fsp3) is 0.238. The highest BCUT2D eigenvalue weighted by molar-refractivity contribution is 6.35. The Morgan fingerprint density at radius 2 is 1.93 bits per heavy atom. The molecule has 1 aliphatic heterocycles. The Bertz CT molecular complexity index is 971. The van der Waals surface area contributed by atoms with Crippen molar-refractivity contribution < 1.29 is 4.79 Å². The molecular weight excluding hydrogens is 381 g/mol. The number of rotatable bonds is 3. The smallest absolute Gasteiger partial charge is 0.246 e. The first-order valence-electron chi connectivity index (χ1n) is 8.97. The minimum atomic E-state index is 0.00377. The number of piperidine rings is 1. The van der Waals surface area contributed by atoms with E-state index in [2.05, 4.69) is 4.98 Å². The second-order valence-electron chi connectivity index (χ2n) is 6.74. The molecule has 2 aromatic carbocycles. The van der Waals surface area contributed by atoms with Gasteiger partial charge < -0.3 is 9.88 Å². The molecule has 2 heterocycles. The van der Waals surface area contributed by atoms with Crippen molar-refractivity contribution in [1.29, 1.82) is 0 Å². The van der Waals surface area contributed by atoms with Gasteiger partial charge in [0.1, 0.15) is 5.82 Å². The molecule has 1 fully saturated rings. The molecule has 4 nitrogen and oxygen atoms in total. The van der Waals surface area contributed by atoms with Gasteiger partial charge in [-0.25, -0.2) is 4.98 Å². The van der Waals surface area contributed by atoms with E-state index in [4.69, 9.17) is 28.2 Å². The molecule has 1 amide bonds. The van der Waals surface area contributed by atoms with Gasteiger partial charge in [-0.1, -0.05) is 41.4 Å². The summed E-state index contributed by atoms with van der Waals surface area (Å²) in [5, 5.41) is 1.12. The summed E-state index contributed by atoms with van der Waals surface area (Å²) in [5.74, 6) is 1.38. The monoisotopic (exact) mass is 399 g/mol. The van der Waals surface area contributed by atoms with Gasteiger partial charge in [-0.3, -0.25) is 4.79 Å². The van der Waals surface area contributed by atoms with Crippen LogP contribution >= 0.6 is 23.2 Å². The van der Waals surface area contributed by atoms with Gasteiger partial charge in [-0.05, 0) is 48.7 Å². The summed E-state index contributed by atoms with van der Waals surface area (Å²) >= 11 is 12.0. The second kappa shape index (κ2) is 7.75. The average molecular weight is 400 g/mol. The molecule has 0 radical (unpaired) electrons. The van der Waals surface area contributed by atoms with Crippen molar-refractivity contribution >= 4 is 46.2 Å². The number of carbonyl (C=O) groups excluding carboxylic acids is 1. The third kappa shape index (κ3) is 4.02. The molecule has 1 aliphatic rings. The van der Waals surface area contributed by atoms with Crippen LogP contribution in [0.1, 0.15) is 30.1 Å². The number of fused-ring (bicyclic) bond motifs is 1. The van der Waals surface area contributed by atoms with Gasteiger partial charge in [0.15, 0.2) is 0 Å². The van der Waals surface area contributed by atoms with Crippen LogP contribution in [0, 0.1) is 0 Å². The standard InChI is InChI=1S/C21H19Cl2N3O/c22-16-7-5-14(17(23)13-16)6-8-20(27)26-11-9-15(10-12-26)21-24-18-3-1-2-4-19(18)25-21/h1-8,13,15H,9-12H2,(H,24,25)/b8-6+. The molecule has 27 heavy (non-hydrogen) atoms. The molecule has 0 bridgehead atoms. The summed E-state index contributed by atoms with van der Waals surface area (Å²) < 4.78 is 0. The van der Waals surface area contributed by atoms with Crippen molar-refractivity contribution in [1.82, 2.24) is 14.9 Å². The normalized spacial score (nSPS) is 15.7. The highest BCUT2D eigenvalue weighted by Gasteiger charge is 2.24. The Balaban J connectivity index is 1.38. The lowest BCUT2D eigenvalue weighted by Crippen LogP contribution is -2.37. The fourth-order valence-corrected chi connectivity index (χ4v) is 3.91. The first kappa shape index (κ1) is 18.1. The maximum atomic E-state index is 12.5. The number of hydrogen-bond acceptors (Lipinski definition) is 2. The molecule has 0 aliphatic carbocycles. The van der Waals surface area contributed by atoms with Gasteiger partial charge in [-0.2, -0.15) is 0 Å². The lowest BCUT2D eigenvalue weighted by atomic mass is 9.96. The van der Waals surface area contributed by atoms with Gasteiger partial charge >= 0.3 is 0 Å². The summed E-state index contributed by atoms with van der Waals surface area (Å²) in [4.78, 5) is 22.5. The number of hydrogen-bond donors (Lipinski definition) is 1. The molecule has 1 aromatic heterocycles. The summed E-state index contributed by atoms with van der Waals surface area (Å²) in [6.07, 6.45) is 5.13. The van der Waals surface area contributed by atoms with Crippen LogP contribution in [-0.4, -0.2) is 33.9 Å². The number of halogens is 2. The Morgan fingerprint density at radius 1 is 1.15 bits per heavy atom. The summed E-state index contributed by atoms with van der Waals surface area (Å²) in [5.41, 5.74) is 2.84. The molecule has 0 atom stereocenters. The zero-order chi connectivity index (χ0) is 18.8. The van der Waals surface area contributed by atoms with Crippen LogP contribution in [-0.2, 0) is 4.79 Å². The van der Waals surface area contributed by atoms with Crippen molar-refractivity contribution in [3.05, 3.63) is 70.0 Å². The lowest BCUT2D eigenvalue weighted by Gasteiger charge is -2.30. The minimum Gasteiger partial charge on any atom is -0.342 e. The van der Waals surface area contributed by atoms with Gasteiger partial charge in [0.05, 0.1) is 11.0 Å². The van der Waals surface area contributed by atoms with Crippen molar-refractivity contribution in [3.8, 4) is 0 Å². The van der Waals surface area contributed by atoms with Crippen molar-refractivity contribution in [2.75, 3.05) is 13.1 Å². The van der Waals surface area contributed by atoms with Crippen LogP contribution in [0.3, 0.4) is 0 Å². The SMILES string of the molecule is O=C(/C=C/c1ccc(Cl)cc1Cl)N1CCC(c2nc3ccccc3[nH]2)CC1. The van der Waals surface area contributed by atoms with E-state index in [0.717, 1.165) is 48.4 Å². The molecule has 1 saturated heterocycles. The molecular formula is C21H19Cl2N3O. The lowest BCUT2D eigenvalue weighted by molar-refractivity contribution is -0.127. The molecule has 0 saturated carbocycles. The van der Waals surface area contributed by atoms with Gasteiger partial charge in [0.2, 0.25) is 5.91 Å². The number of benzene rings is 2. The number of amides is 1. The van der Waals surface area contributed by atoms with E-state index >= 15 is 0 Å². The van der Waals surface area contributed by atoms with Gasteiger partial charge in [0, 0.05) is 35.1 Å². The van der Waals surface area contributed by atoms with Gasteiger partial charge in [-0.15, -0.1) is 0 Å². The number of likely N-dealkylation sites (tertiary alicyclic amines) is 1. The molecule has 138 valence electrons. The molecule has 4 rings (SSSR count). The largest absolute Gasteiger partial charge is 0.342 e. The first-order valence-corrected chi connectivity index (χ1v) is 9.72. The quantitative estimate of drug-likeness (QED) is 0.608. The van der Waals surface area contributed by atoms with Gasteiger partial charge in [0.25, 0.3) is 0 Å². The number of carbonyl (C=O) groups is 1. The van der Waals surface area contributed by atoms with E-state index < -0.39 is 0 Å². The van der Waals surface area contributed by atoms with Crippen LogP contribution < -0.4 is 0 Å². The molecule has 0 spiro atoms. The summed E-state index contributed by atoms with van der Waals surface area (Å²) in [6.45, 7) is 1.44. The second-order valence-corrected chi connectivity index (χ2v) is 7.58. The summed E-state index contributed by atoms with van der Waals surface area (Å²) in [6, 6.07) is 13.3. The van der Waals surface area contributed by atoms with Crippen LogP contribution in [0.4, 0.5) is 0 Å². The predicted molar refractivity (Wildman–Crippen MR) is 110 cm³/mol. The maximum absolute atomic E-state index is 12.5. The highest BCUT2D eigenvalue weighted by Crippen LogP contribution is 2.28. The van der Waals surface area contributed by atoms with Crippen molar-refractivity contribution in [2.45, 2.75) is 18.8 Å². The van der Waals surface area contributed by atoms with Crippen LogP contribution in [0.5, 0.6) is 0 Å². The number of nitrogens with zero attached hydrogens (tertiary/aromatic N) is 2. The average Bonchev–Trinajstić information content (AvgIpc) is 3.11. The topological polar surface area (TPSA) is 49.0 Å². The van der Waals surface area contributed by atoms with E-state index in [1.165, 1.54) is 0 Å². The number of aromatic amines is 1. The van der Waals surface area contributed by atoms with E-state index in [0.29, 0.717) is 16.0 Å². The Morgan fingerprint density at radius 3 is 2.67 bits per heavy atom. The van der Waals surface area contributed by atoms with Crippen LogP contribution in [0.25, 0.3) is 17.1 Å². The number of aromatic nitrogens is 2. The zero-order valence-corrected chi connectivity index (χ0v) is 16.2. The minimum absolute atomic E-state index is 0.00377. The first-order chi connectivity index (χ1) is 13.1. The third-order valence-corrected chi connectivity index (χ3v) is 5.53. The predicted octanol–water partition coefficient (Wildman–Crippen LogP) is 5.29. The molecule has 6 heteroatoms. The highest BCUT2D eigenvalue weighted by atomic mass is 35.5. The van der Waals surface area contributed by atoms with E-state index in [1.807, 2.05) is 35.2 Å². The molecule has 0 unspecified atom stereocenters. The van der Waals surface area contributed by atoms with Crippen LogP contribution in [0.2, 0.25) is 10.0 Å². The van der Waals surface area contributed by atoms with Crippen molar-refractivity contribution in [3.63, 3.8) is 0 Å². The number of para-hydroxylation sites is 2. The zero-order valence-electron chi connectivity index (χ0n) is 14.7. The van der Waals surface area contributed by atoms with E-state index in [9.17, 15) is 4.79 Å². The van der Waals surface area contributed by atoms with E-state index in [-0.39, 0.29) is 5.91 Å². The number of nitrogens with one attached hydrogen (secondary N) is 1. The number of imidazole rings is 1. The fourth-order valence-electron chi connectivity index (χ4n) is 3.44. The third-order valence-electron chi connectivity index (χ3n) is 4.97. The Hall–Kier alpha value is -2.30. The van der Waals surface area contributed by atoms with E-state index in [1.54, 1.807) is 24.3 Å².